The Kier molecular flexibility index (Phi) is 4.64. The lowest BCUT2D eigenvalue weighted by molar-refractivity contribution is -0.0277. The molecular weight excluding hydrogens is 292 g/mol. The summed E-state index contributed by atoms with van der Waals surface area (Å²) in [6, 6.07) is 3.27. The minimum absolute atomic E-state index is 0.297. The number of hydrogen-bond donors (Lipinski definition) is 1. The van der Waals surface area contributed by atoms with Crippen LogP contribution in [0.1, 0.15) is 31.1 Å². The highest BCUT2D eigenvalue weighted by atomic mass is 35.5. The van der Waals surface area contributed by atoms with Crippen LogP contribution in [0.5, 0.6) is 0 Å². The lowest BCUT2D eigenvalue weighted by atomic mass is 10.0. The molecule has 0 amide bonds. The quantitative estimate of drug-likeness (QED) is 0.686. The summed E-state index contributed by atoms with van der Waals surface area (Å²) in [4.78, 5) is 14.2. The zero-order valence-corrected chi connectivity index (χ0v) is 13.4. The number of carbonyl (C=O) groups excluding carboxylic acids is 1. The summed E-state index contributed by atoms with van der Waals surface area (Å²) in [5.41, 5.74) is 7.03. The predicted octanol–water partition coefficient (Wildman–Crippen LogP) is 2.71. The van der Waals surface area contributed by atoms with Crippen molar-refractivity contribution in [3.05, 3.63) is 22.7 Å². The molecule has 1 aliphatic heterocycles. The Labute approximate surface area is 130 Å². The van der Waals surface area contributed by atoms with Gasteiger partial charge < -0.3 is 20.1 Å². The zero-order chi connectivity index (χ0) is 15.6. The van der Waals surface area contributed by atoms with E-state index in [2.05, 4.69) is 4.90 Å². The maximum absolute atomic E-state index is 12.2. The highest BCUT2D eigenvalue weighted by Gasteiger charge is 2.31. The van der Waals surface area contributed by atoms with Crippen molar-refractivity contribution in [1.82, 2.24) is 0 Å². The minimum Gasteiger partial charge on any atom is -0.462 e. The van der Waals surface area contributed by atoms with E-state index in [9.17, 15) is 4.79 Å². The molecule has 1 aromatic rings. The third-order valence-electron chi connectivity index (χ3n) is 3.32. The summed E-state index contributed by atoms with van der Waals surface area (Å²) in [5, 5.41) is 0.454. The largest absolute Gasteiger partial charge is 0.462 e. The second kappa shape index (κ2) is 6.12. The first-order valence-electron chi connectivity index (χ1n) is 6.99. The molecule has 0 atom stereocenters. The van der Waals surface area contributed by atoms with Crippen LogP contribution in [0.15, 0.2) is 12.1 Å². The number of esters is 1. The molecule has 116 valence electrons. The molecule has 0 bridgehead atoms. The van der Waals surface area contributed by atoms with Crippen molar-refractivity contribution in [2.75, 3.05) is 36.9 Å². The van der Waals surface area contributed by atoms with Crippen molar-refractivity contribution in [3.63, 3.8) is 0 Å². The highest BCUT2D eigenvalue weighted by molar-refractivity contribution is 6.34. The highest BCUT2D eigenvalue weighted by Crippen LogP contribution is 2.35. The number of halogens is 1. The summed E-state index contributed by atoms with van der Waals surface area (Å²) >= 11 is 6.34. The molecular formula is C15H21ClN2O3. The van der Waals surface area contributed by atoms with Gasteiger partial charge in [0.1, 0.15) is 0 Å². The van der Waals surface area contributed by atoms with E-state index in [4.69, 9.17) is 26.8 Å². The maximum Gasteiger partial charge on any atom is 0.340 e. The molecule has 1 aliphatic rings. The number of anilines is 2. The van der Waals surface area contributed by atoms with Gasteiger partial charge in [-0.2, -0.15) is 0 Å². The van der Waals surface area contributed by atoms with Crippen molar-refractivity contribution in [2.24, 2.45) is 0 Å². The Hall–Kier alpha value is -1.46. The molecule has 0 saturated carbocycles. The van der Waals surface area contributed by atoms with Crippen LogP contribution in [-0.2, 0) is 9.47 Å². The number of benzene rings is 1. The van der Waals surface area contributed by atoms with E-state index in [1.54, 1.807) is 19.1 Å². The van der Waals surface area contributed by atoms with Gasteiger partial charge in [0, 0.05) is 18.8 Å². The first-order valence-corrected chi connectivity index (χ1v) is 7.37. The van der Waals surface area contributed by atoms with Crippen molar-refractivity contribution in [1.29, 1.82) is 0 Å². The van der Waals surface area contributed by atoms with Crippen LogP contribution in [0, 0.1) is 0 Å². The fraction of sp³-hybridized carbons (Fsp3) is 0.533. The normalized spacial score (nSPS) is 17.6. The Balaban J connectivity index is 2.44. The molecule has 0 aliphatic carbocycles. The van der Waals surface area contributed by atoms with E-state index < -0.39 is 5.97 Å². The molecule has 1 aromatic carbocycles. The number of carbonyl (C=O) groups is 1. The summed E-state index contributed by atoms with van der Waals surface area (Å²) in [5.74, 6) is -0.411. The zero-order valence-electron chi connectivity index (χ0n) is 12.6. The number of hydrogen-bond acceptors (Lipinski definition) is 5. The van der Waals surface area contributed by atoms with Crippen LogP contribution >= 0.6 is 11.6 Å². The second-order valence-electron chi connectivity index (χ2n) is 5.65. The van der Waals surface area contributed by atoms with Crippen LogP contribution in [0.2, 0.25) is 5.02 Å². The molecule has 2 N–H and O–H groups in total. The fourth-order valence-corrected chi connectivity index (χ4v) is 2.86. The van der Waals surface area contributed by atoms with Gasteiger partial charge in [0.05, 0.1) is 35.1 Å². The van der Waals surface area contributed by atoms with Gasteiger partial charge in [-0.3, -0.25) is 0 Å². The average molecular weight is 313 g/mol. The molecule has 21 heavy (non-hydrogen) atoms. The molecule has 1 fully saturated rings. The van der Waals surface area contributed by atoms with E-state index in [0.29, 0.717) is 48.3 Å². The summed E-state index contributed by atoms with van der Waals surface area (Å²) < 4.78 is 10.8. The lowest BCUT2D eigenvalue weighted by Crippen LogP contribution is -2.48. The Morgan fingerprint density at radius 1 is 1.52 bits per heavy atom. The van der Waals surface area contributed by atoms with E-state index in [1.807, 2.05) is 13.8 Å². The lowest BCUT2D eigenvalue weighted by Gasteiger charge is -2.40. The van der Waals surface area contributed by atoms with Gasteiger partial charge >= 0.3 is 5.97 Å². The molecule has 1 saturated heterocycles. The van der Waals surface area contributed by atoms with Crippen LogP contribution < -0.4 is 10.6 Å². The Morgan fingerprint density at radius 3 is 2.86 bits per heavy atom. The first kappa shape index (κ1) is 15.9. The van der Waals surface area contributed by atoms with Gasteiger partial charge in [-0.05, 0) is 32.9 Å². The number of rotatable bonds is 3. The first-order chi connectivity index (χ1) is 9.84. The number of morpholine rings is 1. The molecule has 0 unspecified atom stereocenters. The Morgan fingerprint density at radius 2 is 2.24 bits per heavy atom. The van der Waals surface area contributed by atoms with Gasteiger partial charge in [-0.1, -0.05) is 11.6 Å². The van der Waals surface area contributed by atoms with E-state index in [0.717, 1.165) is 0 Å². The van der Waals surface area contributed by atoms with E-state index >= 15 is 0 Å². The standard InChI is InChI=1S/C15H21ClN2O3/c1-4-20-14(19)11-7-10(17)8-12(16)13(11)18-5-6-21-15(2,3)9-18/h7-8H,4-6,9,17H2,1-3H3. The van der Waals surface area contributed by atoms with Crippen molar-refractivity contribution >= 4 is 28.9 Å². The number of nitrogens with zero attached hydrogens (tertiary/aromatic N) is 1. The molecule has 5 nitrogen and oxygen atoms in total. The number of nitrogens with two attached hydrogens (primary N) is 1. The molecule has 6 heteroatoms. The monoisotopic (exact) mass is 312 g/mol. The summed E-state index contributed by atoms with van der Waals surface area (Å²) in [6.45, 7) is 7.98. The van der Waals surface area contributed by atoms with Crippen molar-refractivity contribution < 1.29 is 14.3 Å². The van der Waals surface area contributed by atoms with Gasteiger partial charge in [0.15, 0.2) is 0 Å². The number of ether oxygens (including phenoxy) is 2. The SMILES string of the molecule is CCOC(=O)c1cc(N)cc(Cl)c1N1CCOC(C)(C)C1. The molecule has 0 spiro atoms. The minimum atomic E-state index is -0.411. The maximum atomic E-state index is 12.2. The summed E-state index contributed by atoms with van der Waals surface area (Å²) in [6.07, 6.45) is 0. The van der Waals surface area contributed by atoms with Crippen molar-refractivity contribution in [2.45, 2.75) is 26.4 Å². The second-order valence-corrected chi connectivity index (χ2v) is 6.06. The fourth-order valence-electron chi connectivity index (χ4n) is 2.51. The van der Waals surface area contributed by atoms with Crippen molar-refractivity contribution in [3.8, 4) is 0 Å². The van der Waals surface area contributed by atoms with Crippen LogP contribution in [-0.4, -0.2) is 37.9 Å². The molecule has 1 heterocycles. The smallest absolute Gasteiger partial charge is 0.340 e. The number of nitrogen functional groups attached to an aromatic ring is 1. The van der Waals surface area contributed by atoms with Crippen LogP contribution in [0.3, 0.4) is 0 Å². The van der Waals surface area contributed by atoms with E-state index in [-0.39, 0.29) is 5.60 Å². The third kappa shape index (κ3) is 3.60. The average Bonchev–Trinajstić information content (AvgIpc) is 2.36. The van der Waals surface area contributed by atoms with Gasteiger partial charge in [-0.25, -0.2) is 4.79 Å². The molecule has 0 aromatic heterocycles. The van der Waals surface area contributed by atoms with Crippen LogP contribution in [0.4, 0.5) is 11.4 Å². The van der Waals surface area contributed by atoms with Crippen LogP contribution in [0.25, 0.3) is 0 Å². The summed E-state index contributed by atoms with van der Waals surface area (Å²) in [7, 11) is 0. The third-order valence-corrected chi connectivity index (χ3v) is 3.61. The Bertz CT molecular complexity index is 546. The molecule has 2 rings (SSSR count). The predicted molar refractivity (Wildman–Crippen MR) is 84.1 cm³/mol. The molecule has 0 radical (unpaired) electrons. The van der Waals surface area contributed by atoms with Gasteiger partial charge in [-0.15, -0.1) is 0 Å². The van der Waals surface area contributed by atoms with E-state index in [1.165, 1.54) is 0 Å². The van der Waals surface area contributed by atoms with Gasteiger partial charge in [0.25, 0.3) is 0 Å². The van der Waals surface area contributed by atoms with Gasteiger partial charge in [0.2, 0.25) is 0 Å². The topological polar surface area (TPSA) is 64.8 Å².